The lowest BCUT2D eigenvalue weighted by molar-refractivity contribution is -0.0464. The fraction of sp³-hybridized carbons (Fsp3) is 1.00. The van der Waals surface area contributed by atoms with E-state index in [1.165, 1.54) is 6.42 Å². The second-order valence-electron chi connectivity index (χ2n) is 4.26. The molecule has 14 heavy (non-hydrogen) atoms. The first-order valence-corrected chi connectivity index (χ1v) is 5.59. The Balaban J connectivity index is 2.09. The van der Waals surface area contributed by atoms with E-state index in [-0.39, 0.29) is 18.3 Å². The van der Waals surface area contributed by atoms with Gasteiger partial charge >= 0.3 is 0 Å². The summed E-state index contributed by atoms with van der Waals surface area (Å²) in [6.07, 6.45) is 4.25. The van der Waals surface area contributed by atoms with Gasteiger partial charge in [0.25, 0.3) is 0 Å². The molecule has 0 saturated carbocycles. The fourth-order valence-electron chi connectivity index (χ4n) is 1.67. The number of aliphatic hydroxyl groups excluding tert-OH is 1. The van der Waals surface area contributed by atoms with Gasteiger partial charge in [0.1, 0.15) is 0 Å². The first-order chi connectivity index (χ1) is 6.68. The van der Waals surface area contributed by atoms with Crippen LogP contribution >= 0.6 is 0 Å². The van der Waals surface area contributed by atoms with Gasteiger partial charge < -0.3 is 14.6 Å². The number of ether oxygens (including phenoxy) is 2. The molecule has 2 unspecified atom stereocenters. The Labute approximate surface area is 86.4 Å². The molecule has 1 aliphatic heterocycles. The smallest absolute Gasteiger partial charge is 0.0798 e. The largest absolute Gasteiger partial charge is 0.391 e. The van der Waals surface area contributed by atoms with Crippen LogP contribution in [0.25, 0.3) is 0 Å². The molecule has 1 heterocycles. The number of hydrogen-bond donors (Lipinski definition) is 1. The summed E-state index contributed by atoms with van der Waals surface area (Å²) in [7, 11) is 0. The average molecular weight is 202 g/mol. The highest BCUT2D eigenvalue weighted by Gasteiger charge is 2.18. The SMILES string of the molecule is CC(C)OCC(O)CC1CCCCO1. The van der Waals surface area contributed by atoms with Crippen molar-refractivity contribution in [2.45, 2.75) is 57.8 Å². The summed E-state index contributed by atoms with van der Waals surface area (Å²) in [5.41, 5.74) is 0. The Hall–Kier alpha value is -0.120. The lowest BCUT2D eigenvalue weighted by Crippen LogP contribution is -2.28. The van der Waals surface area contributed by atoms with Crippen molar-refractivity contribution in [1.82, 2.24) is 0 Å². The Morgan fingerprint density at radius 2 is 2.21 bits per heavy atom. The molecule has 0 aliphatic carbocycles. The molecule has 1 saturated heterocycles. The van der Waals surface area contributed by atoms with Crippen LogP contribution in [0.15, 0.2) is 0 Å². The first-order valence-electron chi connectivity index (χ1n) is 5.59. The van der Waals surface area contributed by atoms with E-state index in [0.29, 0.717) is 13.0 Å². The van der Waals surface area contributed by atoms with Crippen molar-refractivity contribution in [3.63, 3.8) is 0 Å². The standard InChI is InChI=1S/C11H22O3/c1-9(2)14-8-10(12)7-11-5-3-4-6-13-11/h9-12H,3-8H2,1-2H3. The Kier molecular flexibility index (Phi) is 5.45. The molecular formula is C11H22O3. The van der Waals surface area contributed by atoms with Gasteiger partial charge in [-0.05, 0) is 33.1 Å². The normalized spacial score (nSPS) is 25.3. The third-order valence-corrected chi connectivity index (χ3v) is 2.43. The van der Waals surface area contributed by atoms with Crippen LogP contribution in [0.4, 0.5) is 0 Å². The van der Waals surface area contributed by atoms with Crippen LogP contribution in [-0.2, 0) is 9.47 Å². The predicted molar refractivity (Wildman–Crippen MR) is 55.3 cm³/mol. The second-order valence-corrected chi connectivity index (χ2v) is 4.26. The van der Waals surface area contributed by atoms with Gasteiger partial charge in [0.05, 0.1) is 24.9 Å². The monoisotopic (exact) mass is 202 g/mol. The fourth-order valence-corrected chi connectivity index (χ4v) is 1.67. The minimum atomic E-state index is -0.375. The van der Waals surface area contributed by atoms with Crippen molar-refractivity contribution in [1.29, 1.82) is 0 Å². The van der Waals surface area contributed by atoms with Crippen LogP contribution in [0, 0.1) is 0 Å². The highest BCUT2D eigenvalue weighted by molar-refractivity contribution is 4.68. The van der Waals surface area contributed by atoms with E-state index >= 15 is 0 Å². The highest BCUT2D eigenvalue weighted by atomic mass is 16.5. The van der Waals surface area contributed by atoms with E-state index in [2.05, 4.69) is 0 Å². The molecule has 84 valence electrons. The maximum absolute atomic E-state index is 9.65. The second kappa shape index (κ2) is 6.38. The first kappa shape index (κ1) is 12.0. The van der Waals surface area contributed by atoms with E-state index < -0.39 is 0 Å². The van der Waals surface area contributed by atoms with Crippen LogP contribution < -0.4 is 0 Å². The zero-order valence-electron chi connectivity index (χ0n) is 9.24. The van der Waals surface area contributed by atoms with Crippen LogP contribution in [0.1, 0.15) is 39.5 Å². The zero-order chi connectivity index (χ0) is 10.4. The molecule has 2 atom stereocenters. The molecule has 0 aromatic rings. The van der Waals surface area contributed by atoms with Crippen LogP contribution in [0.3, 0.4) is 0 Å². The molecule has 3 nitrogen and oxygen atoms in total. The molecule has 3 heteroatoms. The average Bonchev–Trinajstić information content (AvgIpc) is 2.16. The van der Waals surface area contributed by atoms with Crippen molar-refractivity contribution >= 4 is 0 Å². The van der Waals surface area contributed by atoms with Crippen LogP contribution in [0.5, 0.6) is 0 Å². The summed E-state index contributed by atoms with van der Waals surface area (Å²) in [6, 6.07) is 0. The van der Waals surface area contributed by atoms with Gasteiger partial charge in [-0.15, -0.1) is 0 Å². The van der Waals surface area contributed by atoms with E-state index in [1.807, 2.05) is 13.8 Å². The molecule has 0 amide bonds. The van der Waals surface area contributed by atoms with Crippen LogP contribution in [-0.4, -0.2) is 36.6 Å². The van der Waals surface area contributed by atoms with Gasteiger partial charge in [-0.3, -0.25) is 0 Å². The quantitative estimate of drug-likeness (QED) is 0.738. The van der Waals surface area contributed by atoms with Crippen molar-refractivity contribution < 1.29 is 14.6 Å². The summed E-state index contributed by atoms with van der Waals surface area (Å²) in [4.78, 5) is 0. The van der Waals surface area contributed by atoms with Crippen molar-refractivity contribution in [3.8, 4) is 0 Å². The number of rotatable bonds is 5. The number of hydrogen-bond acceptors (Lipinski definition) is 3. The Morgan fingerprint density at radius 1 is 1.43 bits per heavy atom. The van der Waals surface area contributed by atoms with Crippen LogP contribution in [0.2, 0.25) is 0 Å². The molecule has 1 N–H and O–H groups in total. The van der Waals surface area contributed by atoms with Gasteiger partial charge in [-0.1, -0.05) is 0 Å². The molecule has 1 rings (SSSR count). The van der Waals surface area contributed by atoms with E-state index in [4.69, 9.17) is 9.47 Å². The zero-order valence-corrected chi connectivity index (χ0v) is 9.24. The minimum absolute atomic E-state index is 0.192. The summed E-state index contributed by atoms with van der Waals surface area (Å²) in [5, 5.41) is 9.65. The van der Waals surface area contributed by atoms with Gasteiger partial charge in [0.15, 0.2) is 0 Å². The van der Waals surface area contributed by atoms with Gasteiger partial charge in [-0.2, -0.15) is 0 Å². The van der Waals surface area contributed by atoms with E-state index in [9.17, 15) is 5.11 Å². The highest BCUT2D eigenvalue weighted by Crippen LogP contribution is 2.17. The molecule has 0 aromatic heterocycles. The molecule has 0 bridgehead atoms. The topological polar surface area (TPSA) is 38.7 Å². The third-order valence-electron chi connectivity index (χ3n) is 2.43. The Morgan fingerprint density at radius 3 is 2.79 bits per heavy atom. The van der Waals surface area contributed by atoms with Gasteiger partial charge in [0, 0.05) is 13.0 Å². The lowest BCUT2D eigenvalue weighted by atomic mass is 10.0. The maximum Gasteiger partial charge on any atom is 0.0798 e. The molecule has 0 aromatic carbocycles. The molecule has 0 radical (unpaired) electrons. The lowest BCUT2D eigenvalue weighted by Gasteiger charge is -2.25. The van der Waals surface area contributed by atoms with Gasteiger partial charge in [-0.25, -0.2) is 0 Å². The summed E-state index contributed by atoms with van der Waals surface area (Å²) in [6.45, 7) is 5.23. The Bertz CT molecular complexity index is 141. The molecular weight excluding hydrogens is 180 g/mol. The molecule has 1 aliphatic rings. The predicted octanol–water partition coefficient (Wildman–Crippen LogP) is 1.73. The molecule has 0 spiro atoms. The third kappa shape index (κ3) is 4.94. The van der Waals surface area contributed by atoms with E-state index in [1.54, 1.807) is 0 Å². The minimum Gasteiger partial charge on any atom is -0.391 e. The van der Waals surface area contributed by atoms with E-state index in [0.717, 1.165) is 19.4 Å². The van der Waals surface area contributed by atoms with Gasteiger partial charge in [0.2, 0.25) is 0 Å². The number of aliphatic hydroxyl groups is 1. The maximum atomic E-state index is 9.65. The summed E-state index contributed by atoms with van der Waals surface area (Å²) in [5.74, 6) is 0. The molecule has 1 fully saturated rings. The summed E-state index contributed by atoms with van der Waals surface area (Å²) < 4.78 is 10.9. The van der Waals surface area contributed by atoms with Crippen molar-refractivity contribution in [2.24, 2.45) is 0 Å². The van der Waals surface area contributed by atoms with Crippen molar-refractivity contribution in [2.75, 3.05) is 13.2 Å². The van der Waals surface area contributed by atoms with Crippen molar-refractivity contribution in [3.05, 3.63) is 0 Å². The summed E-state index contributed by atoms with van der Waals surface area (Å²) >= 11 is 0.